The maximum Gasteiger partial charge on any atom is 0.339 e. The van der Waals surface area contributed by atoms with Crippen LogP contribution in [0.5, 0.6) is 0 Å². The van der Waals surface area contributed by atoms with Crippen molar-refractivity contribution in [3.63, 3.8) is 0 Å². The van der Waals surface area contributed by atoms with Crippen molar-refractivity contribution < 1.29 is 23.5 Å². The molecule has 2 aromatic rings. The third-order valence-corrected chi connectivity index (χ3v) is 12.6. The number of fused-ring (bicyclic) bond motifs is 1. The fraction of sp³-hybridized carbons (Fsp3) is 0.524. The van der Waals surface area contributed by atoms with E-state index in [1.807, 2.05) is 6.07 Å². The summed E-state index contributed by atoms with van der Waals surface area (Å²) in [6.45, 7) is 13.5. The van der Waals surface area contributed by atoms with Gasteiger partial charge in [0.1, 0.15) is 13.7 Å². The van der Waals surface area contributed by atoms with Gasteiger partial charge in [-0.3, -0.25) is 0 Å². The zero-order valence-corrected chi connectivity index (χ0v) is 18.5. The summed E-state index contributed by atoms with van der Waals surface area (Å²) < 4.78 is 16.1. The van der Waals surface area contributed by atoms with Gasteiger partial charge in [-0.05, 0) is 34.8 Å². The first-order valence-electron chi connectivity index (χ1n) is 9.36. The lowest BCUT2D eigenvalue weighted by Gasteiger charge is -2.40. The Bertz CT molecular complexity index is 826. The average Bonchev–Trinajstić information content (AvgIpc) is 3.02. The lowest BCUT2D eigenvalue weighted by atomic mass is 10.0. The molecular weight excluding hydrogens is 360 g/mol. The van der Waals surface area contributed by atoms with Gasteiger partial charge in [0, 0.05) is 5.39 Å². The molecule has 0 aliphatic rings. The topological polar surface area (TPSA) is 65.7 Å². The molecule has 0 amide bonds. The number of benzene rings is 1. The minimum atomic E-state index is -2.04. The first kappa shape index (κ1) is 21.2. The van der Waals surface area contributed by atoms with Gasteiger partial charge in [0.15, 0.2) is 0 Å². The molecule has 0 bridgehead atoms. The zero-order valence-electron chi connectivity index (χ0n) is 17.5. The molecular formula is C21H30O5Si. The van der Waals surface area contributed by atoms with Gasteiger partial charge in [-0.25, -0.2) is 9.59 Å². The molecule has 0 aliphatic carbocycles. The molecule has 5 nitrogen and oxygen atoms in total. The number of furan rings is 1. The highest BCUT2D eigenvalue weighted by molar-refractivity contribution is 6.94. The van der Waals surface area contributed by atoms with E-state index in [1.54, 1.807) is 12.1 Å². The summed E-state index contributed by atoms with van der Waals surface area (Å²) in [5, 5.41) is 1.57. The average molecular weight is 391 g/mol. The van der Waals surface area contributed by atoms with E-state index in [-0.39, 0.29) is 11.1 Å². The molecule has 148 valence electrons. The third kappa shape index (κ3) is 3.31. The van der Waals surface area contributed by atoms with E-state index in [0.717, 1.165) is 5.38 Å². The number of carbonyl (C=O) groups excluding carboxylic acids is 2. The van der Waals surface area contributed by atoms with Gasteiger partial charge in [0.05, 0.1) is 30.7 Å². The van der Waals surface area contributed by atoms with Crippen LogP contribution in [0.4, 0.5) is 0 Å². The summed E-state index contributed by atoms with van der Waals surface area (Å²) in [6, 6.07) is 5.26. The number of rotatable bonds is 6. The first-order chi connectivity index (χ1) is 12.6. The van der Waals surface area contributed by atoms with E-state index >= 15 is 0 Å². The lowest BCUT2D eigenvalue weighted by molar-refractivity contribution is 0.0557. The molecule has 1 aromatic carbocycles. The summed E-state index contributed by atoms with van der Waals surface area (Å²) in [5.74, 6) is -1.14. The molecule has 0 fully saturated rings. The van der Waals surface area contributed by atoms with Gasteiger partial charge in [-0.15, -0.1) is 0 Å². The van der Waals surface area contributed by atoms with Gasteiger partial charge in [-0.1, -0.05) is 41.5 Å². The number of hydrogen-bond acceptors (Lipinski definition) is 5. The van der Waals surface area contributed by atoms with Gasteiger partial charge in [0.25, 0.3) is 0 Å². The second-order valence-electron chi connectivity index (χ2n) is 7.89. The second kappa shape index (κ2) is 7.88. The predicted molar refractivity (Wildman–Crippen MR) is 110 cm³/mol. The normalized spacial score (nSPS) is 12.3. The van der Waals surface area contributed by atoms with Crippen LogP contribution in [0.15, 0.2) is 22.6 Å². The zero-order chi connectivity index (χ0) is 20.5. The Morgan fingerprint density at radius 1 is 0.889 bits per heavy atom. The van der Waals surface area contributed by atoms with Crippen LogP contribution < -0.4 is 5.38 Å². The molecule has 0 radical (unpaired) electrons. The standard InChI is InChI=1S/C21H30O5Si/c1-12(2)27(13(3)4,14(5)6)18-11-16-17(26-18)10-9-15(20(22)24-7)19(16)21(23)25-8/h9-14H,1-8H3. The molecule has 0 unspecified atom stereocenters. The Morgan fingerprint density at radius 2 is 1.41 bits per heavy atom. The van der Waals surface area contributed by atoms with Crippen molar-refractivity contribution in [1.82, 2.24) is 0 Å². The van der Waals surface area contributed by atoms with E-state index in [9.17, 15) is 9.59 Å². The summed E-state index contributed by atoms with van der Waals surface area (Å²) >= 11 is 0. The summed E-state index contributed by atoms with van der Waals surface area (Å²) in [7, 11) is 0.556. The number of ether oxygens (including phenoxy) is 2. The fourth-order valence-corrected chi connectivity index (χ4v) is 11.2. The molecule has 2 rings (SSSR count). The van der Waals surface area contributed by atoms with Crippen LogP contribution in [0.25, 0.3) is 11.0 Å². The van der Waals surface area contributed by atoms with Crippen molar-refractivity contribution in [2.24, 2.45) is 0 Å². The van der Waals surface area contributed by atoms with E-state index in [2.05, 4.69) is 41.5 Å². The van der Waals surface area contributed by atoms with Gasteiger partial charge < -0.3 is 13.9 Å². The molecule has 1 heterocycles. The van der Waals surface area contributed by atoms with Gasteiger partial charge in [0.2, 0.25) is 0 Å². The van der Waals surface area contributed by atoms with Crippen molar-refractivity contribution in [3.05, 3.63) is 29.3 Å². The van der Waals surface area contributed by atoms with Crippen LogP contribution in [0.1, 0.15) is 62.3 Å². The van der Waals surface area contributed by atoms with E-state index in [0.29, 0.717) is 27.6 Å². The Labute approximate surface area is 162 Å². The SMILES string of the molecule is COC(=O)c1ccc2oc([Si](C(C)C)(C(C)C)C(C)C)cc2c1C(=O)OC. The van der Waals surface area contributed by atoms with E-state index in [1.165, 1.54) is 14.2 Å². The molecule has 0 atom stereocenters. The van der Waals surface area contributed by atoms with E-state index < -0.39 is 20.0 Å². The third-order valence-electron chi connectivity index (χ3n) is 5.79. The molecule has 27 heavy (non-hydrogen) atoms. The van der Waals surface area contributed by atoms with Crippen molar-refractivity contribution in [1.29, 1.82) is 0 Å². The van der Waals surface area contributed by atoms with Crippen LogP contribution in [0.2, 0.25) is 16.6 Å². The fourth-order valence-electron chi connectivity index (χ4n) is 4.78. The quantitative estimate of drug-likeness (QED) is 0.519. The van der Waals surface area contributed by atoms with Crippen LogP contribution in [0, 0.1) is 0 Å². The highest BCUT2D eigenvalue weighted by Crippen LogP contribution is 2.42. The first-order valence-corrected chi connectivity index (χ1v) is 11.6. The smallest absolute Gasteiger partial charge is 0.339 e. The Kier molecular flexibility index (Phi) is 6.20. The van der Waals surface area contributed by atoms with Crippen LogP contribution in [-0.2, 0) is 9.47 Å². The van der Waals surface area contributed by atoms with Crippen molar-refractivity contribution in [2.45, 2.75) is 58.2 Å². The number of esters is 2. The molecule has 0 spiro atoms. The molecule has 6 heteroatoms. The maximum absolute atomic E-state index is 12.5. The largest absolute Gasteiger partial charge is 0.466 e. The van der Waals surface area contributed by atoms with Crippen LogP contribution in [0.3, 0.4) is 0 Å². The second-order valence-corrected chi connectivity index (χ2v) is 13.7. The maximum atomic E-state index is 12.5. The highest BCUT2D eigenvalue weighted by atomic mass is 28.3. The summed E-state index contributed by atoms with van der Waals surface area (Å²) in [4.78, 5) is 24.6. The van der Waals surface area contributed by atoms with E-state index in [4.69, 9.17) is 13.9 Å². The minimum absolute atomic E-state index is 0.190. The predicted octanol–water partition coefficient (Wildman–Crippen LogP) is 4.89. The number of carbonyl (C=O) groups is 2. The molecule has 1 aromatic heterocycles. The summed E-state index contributed by atoms with van der Waals surface area (Å²) in [5.41, 5.74) is 2.36. The van der Waals surface area contributed by atoms with Gasteiger partial charge >= 0.3 is 11.9 Å². The molecule has 0 saturated carbocycles. The molecule has 0 saturated heterocycles. The van der Waals surface area contributed by atoms with Crippen molar-refractivity contribution in [3.8, 4) is 0 Å². The van der Waals surface area contributed by atoms with Crippen molar-refractivity contribution in [2.75, 3.05) is 14.2 Å². The Hall–Kier alpha value is -2.08. The molecule has 0 N–H and O–H groups in total. The lowest BCUT2D eigenvalue weighted by Crippen LogP contribution is -2.55. The van der Waals surface area contributed by atoms with Crippen molar-refractivity contribution >= 4 is 36.4 Å². The van der Waals surface area contributed by atoms with Gasteiger partial charge in [-0.2, -0.15) is 0 Å². The number of hydrogen-bond donors (Lipinski definition) is 0. The van der Waals surface area contributed by atoms with Crippen LogP contribution >= 0.6 is 0 Å². The monoisotopic (exact) mass is 390 g/mol. The minimum Gasteiger partial charge on any atom is -0.466 e. The Morgan fingerprint density at radius 3 is 1.85 bits per heavy atom. The Balaban J connectivity index is 2.87. The molecule has 0 aliphatic heterocycles. The number of methoxy groups -OCH3 is 2. The van der Waals surface area contributed by atoms with Crippen LogP contribution in [-0.4, -0.2) is 34.2 Å². The highest BCUT2D eigenvalue weighted by Gasteiger charge is 2.47. The summed E-state index contributed by atoms with van der Waals surface area (Å²) in [6.07, 6.45) is 0.